The number of carboxylic acid groups (broad SMARTS) is 1. The van der Waals surface area contributed by atoms with E-state index in [-0.39, 0.29) is 0 Å². The number of amides is 2. The van der Waals surface area contributed by atoms with Gasteiger partial charge < -0.3 is 59.6 Å². The fourth-order valence-electron chi connectivity index (χ4n) is 4.15. The minimum atomic E-state index is -6.13. The standard InChI is InChI=1S/C19H28N4O18P2/c1-6(24)20-10-11(21-7(2)25)18(39-15(13(10)28)17(30)31)40-43(35,36)41-42(33,34)37-5-8-12(27)14(29)16(38-8)23-4-3-9(26)22-19(23)32/h3-4,8,10-16,18,27-29H,5H2,1-2H3,(H,20,24)(H,21,25)(H,30,31)(H,33,34)(H,35,36)(H,22,26,32)/p-3/t8-,10-,11-,12-,13+,14-,15+,16-,18-/m1/s1. The number of phosphoric acid groups is 2. The summed E-state index contributed by atoms with van der Waals surface area (Å²) < 4.78 is 48.4. The summed E-state index contributed by atoms with van der Waals surface area (Å²) in [4.78, 5) is 84.6. The van der Waals surface area contributed by atoms with Crippen molar-refractivity contribution in [3.05, 3.63) is 33.1 Å². The highest BCUT2D eigenvalue weighted by Gasteiger charge is 2.49. The average Bonchev–Trinajstić information content (AvgIpc) is 3.13. The minimum absolute atomic E-state index is 0.670. The number of carbonyl (C=O) groups excluding carboxylic acids is 3. The van der Waals surface area contributed by atoms with Crippen LogP contribution < -0.4 is 36.8 Å². The van der Waals surface area contributed by atoms with E-state index >= 15 is 0 Å². The zero-order chi connectivity index (χ0) is 32.4. The first-order valence-electron chi connectivity index (χ1n) is 11.9. The third-order valence-electron chi connectivity index (χ3n) is 5.90. The highest BCUT2D eigenvalue weighted by molar-refractivity contribution is 7.59. The van der Waals surface area contributed by atoms with Gasteiger partial charge in [0.05, 0.1) is 18.6 Å². The Morgan fingerprint density at radius 3 is 2.16 bits per heavy atom. The van der Waals surface area contributed by atoms with Gasteiger partial charge in [-0.3, -0.25) is 37.6 Å². The SMILES string of the molecule is CC(=O)N[C@H]1[C@@H](OP(=O)([O-])OP(=O)([O-])OC[C@H]2O[C@@H](n3ccc(=O)[nH]c3=O)[C@H](O)[C@@H]2O)O[C@H](C(=O)[O-])[C@@H](O)[C@@H]1NC(C)=O. The molecule has 3 heterocycles. The molecular formula is C19H25N4O18P2-3. The Kier molecular flexibility index (Phi) is 10.8. The summed E-state index contributed by atoms with van der Waals surface area (Å²) in [5, 5.41) is 46.3. The first-order valence-corrected chi connectivity index (χ1v) is 14.8. The van der Waals surface area contributed by atoms with Crippen LogP contribution in [0.4, 0.5) is 0 Å². The van der Waals surface area contributed by atoms with Gasteiger partial charge in [0.15, 0.2) is 12.5 Å². The zero-order valence-corrected chi connectivity index (χ0v) is 23.7. The van der Waals surface area contributed by atoms with Crippen LogP contribution in [0.25, 0.3) is 0 Å². The van der Waals surface area contributed by atoms with Crippen LogP contribution in [0.2, 0.25) is 0 Å². The molecule has 22 nitrogen and oxygen atoms in total. The lowest BCUT2D eigenvalue weighted by Crippen LogP contribution is -2.71. The third kappa shape index (κ3) is 8.62. The third-order valence-corrected chi connectivity index (χ3v) is 8.43. The topological polar surface area (TPSA) is 340 Å². The number of carboxylic acids is 1. The number of aliphatic carboxylic acids is 1. The lowest BCUT2D eigenvalue weighted by atomic mass is 9.93. The van der Waals surface area contributed by atoms with Crippen molar-refractivity contribution in [2.45, 2.75) is 69.0 Å². The number of hydrogen-bond donors (Lipinski definition) is 6. The van der Waals surface area contributed by atoms with Crippen LogP contribution in [0, 0.1) is 0 Å². The van der Waals surface area contributed by atoms with Crippen molar-refractivity contribution >= 4 is 33.4 Å². The molecule has 0 aliphatic carbocycles. The molecule has 242 valence electrons. The van der Waals surface area contributed by atoms with Gasteiger partial charge in [0.1, 0.15) is 36.6 Å². The van der Waals surface area contributed by atoms with Gasteiger partial charge in [-0.2, -0.15) is 0 Å². The largest absolute Gasteiger partial charge is 0.756 e. The normalized spacial score (nSPS) is 33.6. The number of nitrogens with zero attached hydrogens (tertiary/aromatic N) is 1. The van der Waals surface area contributed by atoms with Gasteiger partial charge in [0.25, 0.3) is 21.2 Å². The molecule has 0 bridgehead atoms. The van der Waals surface area contributed by atoms with E-state index in [2.05, 4.69) is 24.0 Å². The van der Waals surface area contributed by atoms with E-state index in [4.69, 9.17) is 9.47 Å². The molecule has 24 heteroatoms. The maximum Gasteiger partial charge on any atom is 0.330 e. The maximum atomic E-state index is 12.5. The highest BCUT2D eigenvalue weighted by atomic mass is 31.3. The first kappa shape index (κ1) is 34.6. The number of hydrogen-bond acceptors (Lipinski definition) is 18. The van der Waals surface area contributed by atoms with Crippen molar-refractivity contribution in [2.24, 2.45) is 0 Å². The van der Waals surface area contributed by atoms with Gasteiger partial charge in [-0.25, -0.2) is 9.11 Å². The Labute approximate surface area is 239 Å². The molecule has 0 radical (unpaired) electrons. The Hall–Kier alpha value is -2.85. The lowest BCUT2D eigenvalue weighted by molar-refractivity contribution is -0.336. The monoisotopic (exact) mass is 659 g/mol. The molecule has 0 aromatic carbocycles. The summed E-state index contributed by atoms with van der Waals surface area (Å²) in [7, 11) is -12.1. The quantitative estimate of drug-likeness (QED) is 0.120. The molecule has 1 aromatic rings. The number of aromatic nitrogens is 2. The molecule has 2 fully saturated rings. The number of H-pyrrole nitrogens is 1. The minimum Gasteiger partial charge on any atom is -0.756 e. The number of nitrogens with one attached hydrogen (secondary N) is 3. The molecule has 2 unspecified atom stereocenters. The fourth-order valence-corrected chi connectivity index (χ4v) is 6.24. The summed E-state index contributed by atoms with van der Waals surface area (Å²) in [6.07, 6.45) is -13.0. The second-order valence-corrected chi connectivity index (χ2v) is 12.0. The number of rotatable bonds is 11. The molecule has 0 spiro atoms. The highest BCUT2D eigenvalue weighted by Crippen LogP contribution is 2.57. The molecule has 2 amide bonds. The van der Waals surface area contributed by atoms with Crippen molar-refractivity contribution in [1.82, 2.24) is 20.2 Å². The molecule has 0 saturated carbocycles. The Morgan fingerprint density at radius 1 is 1.00 bits per heavy atom. The van der Waals surface area contributed by atoms with Crippen LogP contribution in [0.1, 0.15) is 20.1 Å². The second-order valence-electron chi connectivity index (χ2n) is 9.13. The number of aromatic amines is 1. The number of phosphoric ester groups is 2. The van der Waals surface area contributed by atoms with Gasteiger partial charge in [-0.15, -0.1) is 0 Å². The van der Waals surface area contributed by atoms with Crippen LogP contribution in [-0.4, -0.2) is 98.2 Å². The van der Waals surface area contributed by atoms with Gasteiger partial charge in [0, 0.05) is 26.1 Å². The number of aliphatic hydroxyl groups excluding tert-OH is 3. The molecular weight excluding hydrogens is 634 g/mol. The predicted octanol–water partition coefficient (Wildman–Crippen LogP) is -7.01. The van der Waals surface area contributed by atoms with E-state index in [9.17, 15) is 63.3 Å². The van der Waals surface area contributed by atoms with Gasteiger partial charge >= 0.3 is 5.69 Å². The smallest absolute Gasteiger partial charge is 0.330 e. The van der Waals surface area contributed by atoms with Crippen LogP contribution >= 0.6 is 15.6 Å². The van der Waals surface area contributed by atoms with E-state index in [1.54, 1.807) is 0 Å². The van der Waals surface area contributed by atoms with Crippen LogP contribution in [0.5, 0.6) is 0 Å². The first-order chi connectivity index (χ1) is 19.8. The van der Waals surface area contributed by atoms with E-state index in [0.717, 1.165) is 26.1 Å². The summed E-state index contributed by atoms with van der Waals surface area (Å²) in [5.41, 5.74) is -1.84. The molecule has 1 aromatic heterocycles. The summed E-state index contributed by atoms with van der Waals surface area (Å²) in [6, 6.07) is -2.70. The van der Waals surface area contributed by atoms with Gasteiger partial charge in [-0.05, 0) is 0 Å². The van der Waals surface area contributed by atoms with Crippen molar-refractivity contribution < 1.29 is 76.6 Å². The predicted molar refractivity (Wildman–Crippen MR) is 125 cm³/mol. The summed E-state index contributed by atoms with van der Waals surface area (Å²) >= 11 is 0. The van der Waals surface area contributed by atoms with E-state index < -0.39 is 106 Å². The Balaban J connectivity index is 1.73. The maximum absolute atomic E-state index is 12.5. The Bertz CT molecular complexity index is 1430. The van der Waals surface area contributed by atoms with E-state index in [1.165, 1.54) is 0 Å². The van der Waals surface area contributed by atoms with Crippen molar-refractivity contribution in [3.63, 3.8) is 0 Å². The number of aliphatic hydroxyl groups is 3. The number of ether oxygens (including phenoxy) is 2. The number of carbonyl (C=O) groups is 3. The molecule has 43 heavy (non-hydrogen) atoms. The average molecular weight is 659 g/mol. The fraction of sp³-hybridized carbons (Fsp3) is 0.632. The molecule has 11 atom stereocenters. The second kappa shape index (κ2) is 13.4. The summed E-state index contributed by atoms with van der Waals surface area (Å²) in [5.74, 6) is -3.88. The molecule has 3 rings (SSSR count). The van der Waals surface area contributed by atoms with E-state index in [0.29, 0.717) is 4.57 Å². The van der Waals surface area contributed by atoms with Crippen LogP contribution in [0.3, 0.4) is 0 Å². The van der Waals surface area contributed by atoms with E-state index in [1.807, 2.05) is 4.98 Å². The van der Waals surface area contributed by atoms with Crippen LogP contribution in [-0.2, 0) is 46.3 Å². The van der Waals surface area contributed by atoms with Gasteiger partial charge in [-0.1, -0.05) is 0 Å². The van der Waals surface area contributed by atoms with Crippen molar-refractivity contribution in [2.75, 3.05) is 6.61 Å². The van der Waals surface area contributed by atoms with Gasteiger partial charge in [0.2, 0.25) is 11.8 Å². The zero-order valence-electron chi connectivity index (χ0n) is 21.9. The molecule has 6 N–H and O–H groups in total. The molecule has 2 aliphatic rings. The van der Waals surface area contributed by atoms with Crippen molar-refractivity contribution in [3.8, 4) is 0 Å². The van der Waals surface area contributed by atoms with Crippen LogP contribution in [0.15, 0.2) is 21.9 Å². The molecule has 2 saturated heterocycles. The molecule has 2 aliphatic heterocycles. The lowest BCUT2D eigenvalue weighted by Gasteiger charge is -2.46. The Morgan fingerprint density at radius 2 is 1.60 bits per heavy atom. The summed E-state index contributed by atoms with van der Waals surface area (Å²) in [6.45, 7) is 0.668. The van der Waals surface area contributed by atoms with Crippen molar-refractivity contribution in [1.29, 1.82) is 0 Å².